The molecule has 0 aliphatic heterocycles. The van der Waals surface area contributed by atoms with Crippen molar-refractivity contribution in [1.29, 1.82) is 0 Å². The highest BCUT2D eigenvalue weighted by molar-refractivity contribution is 8.76. The molecular weight excluding hydrogens is 220 g/mol. The highest BCUT2D eigenvalue weighted by Crippen LogP contribution is 2.31. The molecule has 2 rings (SSSR count). The predicted octanol–water partition coefficient (Wildman–Crippen LogP) is 0.856. The molecule has 0 atom stereocenters. The highest BCUT2D eigenvalue weighted by atomic mass is 33.1. The first-order valence-electron chi connectivity index (χ1n) is 3.57. The maximum Gasteiger partial charge on any atom is 0.220 e. The lowest BCUT2D eigenvalue weighted by Crippen LogP contribution is -1.88. The second-order valence-electron chi connectivity index (χ2n) is 2.02. The minimum absolute atomic E-state index is 0.574. The Hall–Kier alpha value is -1.28. The Kier molecular flexibility index (Phi) is 3.19. The fourth-order valence-corrected chi connectivity index (χ4v) is 2.05. The van der Waals surface area contributed by atoms with Gasteiger partial charge in [0.1, 0.15) is 0 Å². The highest BCUT2D eigenvalue weighted by Gasteiger charge is 2.01. The van der Waals surface area contributed by atoms with Crippen LogP contribution in [-0.4, -0.2) is 30.4 Å². The lowest BCUT2D eigenvalue weighted by atomic mass is 10.9. The summed E-state index contributed by atoms with van der Waals surface area (Å²) in [6.45, 7) is 0. The fraction of sp³-hybridized carbons (Fsp3) is 0. The van der Waals surface area contributed by atoms with Crippen LogP contribution in [0.15, 0.2) is 35.1 Å². The summed E-state index contributed by atoms with van der Waals surface area (Å²) >= 11 is 0. The molecule has 0 spiro atoms. The average Bonchev–Trinajstić information content (AvgIpc) is 2.29. The lowest BCUT2D eigenvalue weighted by molar-refractivity contribution is 0.837. The van der Waals surface area contributed by atoms with Gasteiger partial charge in [0.05, 0.1) is 24.8 Å². The zero-order chi connectivity index (χ0) is 9.64. The van der Waals surface area contributed by atoms with E-state index in [1.165, 1.54) is 34.0 Å². The van der Waals surface area contributed by atoms with E-state index in [4.69, 9.17) is 0 Å². The topological polar surface area (TPSA) is 77.3 Å². The van der Waals surface area contributed by atoms with Crippen LogP contribution >= 0.6 is 21.6 Å². The van der Waals surface area contributed by atoms with E-state index in [-0.39, 0.29) is 0 Å². The molecule has 0 radical (unpaired) electrons. The number of aromatic nitrogens is 6. The van der Waals surface area contributed by atoms with Crippen LogP contribution in [0.25, 0.3) is 0 Å². The summed E-state index contributed by atoms with van der Waals surface area (Å²) < 4.78 is 0. The minimum atomic E-state index is 0.574. The van der Waals surface area contributed by atoms with E-state index in [0.29, 0.717) is 10.3 Å². The largest absolute Gasteiger partial charge is 0.227 e. The van der Waals surface area contributed by atoms with Gasteiger partial charge in [0.2, 0.25) is 10.3 Å². The predicted molar refractivity (Wildman–Crippen MR) is 51.4 cm³/mol. The third kappa shape index (κ3) is 2.60. The first-order valence-corrected chi connectivity index (χ1v) is 5.72. The van der Waals surface area contributed by atoms with Gasteiger partial charge in [-0.3, -0.25) is 0 Å². The van der Waals surface area contributed by atoms with Crippen molar-refractivity contribution in [2.75, 3.05) is 0 Å². The molecule has 0 saturated heterocycles. The van der Waals surface area contributed by atoms with Crippen LogP contribution in [0.2, 0.25) is 0 Å². The Bertz CT molecular complexity index is 343. The standard InChI is InChI=1S/C6H4N6S2/c1-3-9-11-5(7-1)13-14-6-8-2-4-10-12-6/h1-4H. The van der Waals surface area contributed by atoms with Crippen molar-refractivity contribution in [2.24, 2.45) is 0 Å². The Morgan fingerprint density at radius 2 is 1.21 bits per heavy atom. The van der Waals surface area contributed by atoms with Crippen LogP contribution in [0.3, 0.4) is 0 Å². The van der Waals surface area contributed by atoms with E-state index in [1.54, 1.807) is 12.4 Å². The quantitative estimate of drug-likeness (QED) is 0.710. The molecule has 0 aliphatic rings. The van der Waals surface area contributed by atoms with E-state index in [1.807, 2.05) is 0 Å². The van der Waals surface area contributed by atoms with Crippen LogP contribution in [0.1, 0.15) is 0 Å². The third-order valence-electron chi connectivity index (χ3n) is 1.11. The summed E-state index contributed by atoms with van der Waals surface area (Å²) in [7, 11) is 2.68. The summed E-state index contributed by atoms with van der Waals surface area (Å²) in [4.78, 5) is 7.97. The molecule has 2 aromatic heterocycles. The second-order valence-corrected chi connectivity index (χ2v) is 4.08. The van der Waals surface area contributed by atoms with Gasteiger partial charge >= 0.3 is 0 Å². The van der Waals surface area contributed by atoms with Crippen molar-refractivity contribution in [2.45, 2.75) is 10.3 Å². The molecule has 0 bridgehead atoms. The maximum atomic E-state index is 3.99. The molecule has 2 heterocycles. The molecular formula is C6H4N6S2. The van der Waals surface area contributed by atoms with Crippen molar-refractivity contribution < 1.29 is 0 Å². The Balaban J connectivity index is 1.96. The summed E-state index contributed by atoms with van der Waals surface area (Å²) in [5.41, 5.74) is 0. The molecule has 0 N–H and O–H groups in total. The Labute approximate surface area is 87.4 Å². The van der Waals surface area contributed by atoms with E-state index in [0.717, 1.165) is 0 Å². The molecule has 70 valence electrons. The van der Waals surface area contributed by atoms with E-state index in [9.17, 15) is 0 Å². The Morgan fingerprint density at radius 1 is 0.714 bits per heavy atom. The Morgan fingerprint density at radius 3 is 1.57 bits per heavy atom. The molecule has 0 fully saturated rings. The van der Waals surface area contributed by atoms with Crippen LogP contribution in [0, 0.1) is 0 Å². The molecule has 0 unspecified atom stereocenters. The molecule has 0 saturated carbocycles. The summed E-state index contributed by atoms with van der Waals surface area (Å²) in [6.07, 6.45) is 6.21. The van der Waals surface area contributed by atoms with E-state index in [2.05, 4.69) is 30.4 Å². The first-order chi connectivity index (χ1) is 6.95. The SMILES string of the molecule is c1cnc(SSc2nccnn2)nn1. The smallest absolute Gasteiger partial charge is 0.220 e. The average molecular weight is 224 g/mol. The maximum absolute atomic E-state index is 3.99. The summed E-state index contributed by atoms with van der Waals surface area (Å²) in [5, 5.41) is 16.1. The molecule has 0 amide bonds. The minimum Gasteiger partial charge on any atom is -0.227 e. The van der Waals surface area contributed by atoms with Gasteiger partial charge in [0.15, 0.2) is 0 Å². The van der Waals surface area contributed by atoms with Gasteiger partial charge in [-0.25, -0.2) is 9.97 Å². The van der Waals surface area contributed by atoms with E-state index >= 15 is 0 Å². The molecule has 14 heavy (non-hydrogen) atoms. The molecule has 8 heteroatoms. The van der Waals surface area contributed by atoms with Crippen molar-refractivity contribution in [1.82, 2.24) is 30.4 Å². The zero-order valence-corrected chi connectivity index (χ0v) is 8.44. The van der Waals surface area contributed by atoms with Gasteiger partial charge < -0.3 is 0 Å². The van der Waals surface area contributed by atoms with Crippen LogP contribution in [-0.2, 0) is 0 Å². The molecule has 0 aliphatic carbocycles. The van der Waals surface area contributed by atoms with Gasteiger partial charge in [0, 0.05) is 0 Å². The van der Waals surface area contributed by atoms with Gasteiger partial charge in [-0.1, -0.05) is 0 Å². The fourth-order valence-electron chi connectivity index (χ4n) is 0.622. The van der Waals surface area contributed by atoms with Gasteiger partial charge in [-0.15, -0.1) is 10.2 Å². The third-order valence-corrected chi connectivity index (χ3v) is 3.01. The molecule has 2 aromatic rings. The second kappa shape index (κ2) is 4.82. The monoisotopic (exact) mass is 224 g/mol. The van der Waals surface area contributed by atoms with Crippen molar-refractivity contribution in [3.8, 4) is 0 Å². The van der Waals surface area contributed by atoms with Crippen LogP contribution in [0.4, 0.5) is 0 Å². The van der Waals surface area contributed by atoms with Crippen LogP contribution < -0.4 is 0 Å². The molecule has 6 nitrogen and oxygen atoms in total. The van der Waals surface area contributed by atoms with Gasteiger partial charge in [-0.2, -0.15) is 10.2 Å². The summed E-state index contributed by atoms with van der Waals surface area (Å²) in [5.74, 6) is 0. The van der Waals surface area contributed by atoms with Crippen LogP contribution in [0.5, 0.6) is 0 Å². The number of rotatable bonds is 3. The zero-order valence-electron chi connectivity index (χ0n) is 6.81. The summed E-state index contributed by atoms with van der Waals surface area (Å²) in [6, 6.07) is 0. The molecule has 0 aromatic carbocycles. The first kappa shape index (κ1) is 9.28. The van der Waals surface area contributed by atoms with Crippen molar-refractivity contribution >= 4 is 21.6 Å². The van der Waals surface area contributed by atoms with Gasteiger partial charge in [0.25, 0.3) is 0 Å². The van der Waals surface area contributed by atoms with Crippen molar-refractivity contribution in [3.05, 3.63) is 24.8 Å². The number of nitrogens with zero attached hydrogens (tertiary/aromatic N) is 6. The van der Waals surface area contributed by atoms with Crippen molar-refractivity contribution in [3.63, 3.8) is 0 Å². The normalized spacial score (nSPS) is 10.0. The lowest BCUT2D eigenvalue weighted by Gasteiger charge is -1.94. The number of hydrogen-bond acceptors (Lipinski definition) is 8. The van der Waals surface area contributed by atoms with Gasteiger partial charge in [-0.05, 0) is 21.6 Å². The number of hydrogen-bond donors (Lipinski definition) is 0. The van der Waals surface area contributed by atoms with E-state index < -0.39 is 0 Å².